The van der Waals surface area contributed by atoms with Crippen LogP contribution in [0.3, 0.4) is 0 Å². The van der Waals surface area contributed by atoms with Gasteiger partial charge in [-0.3, -0.25) is 14.5 Å². The van der Waals surface area contributed by atoms with Crippen LogP contribution in [0.1, 0.15) is 34.1 Å². The molecule has 1 aliphatic heterocycles. The van der Waals surface area contributed by atoms with Crippen LogP contribution in [0.4, 0.5) is 5.69 Å². The zero-order valence-electron chi connectivity index (χ0n) is 18.1. The Morgan fingerprint density at radius 2 is 1.81 bits per heavy atom. The van der Waals surface area contributed by atoms with Crippen molar-refractivity contribution in [3.8, 4) is 5.75 Å². The number of aryl methyl sites for hydroxylation is 3. The normalized spacial score (nSPS) is 17.8. The number of halogens is 1. The summed E-state index contributed by atoms with van der Waals surface area (Å²) >= 11 is 6.19. The monoisotopic (exact) mass is 451 g/mol. The maximum absolute atomic E-state index is 13.2. The Kier molecular flexibility index (Phi) is 5.57. The van der Waals surface area contributed by atoms with Gasteiger partial charge in [0.2, 0.25) is 0 Å². The average molecular weight is 452 g/mol. The quantitative estimate of drug-likeness (QED) is 0.322. The highest BCUT2D eigenvalue weighted by molar-refractivity contribution is 6.52. The summed E-state index contributed by atoms with van der Waals surface area (Å²) in [5.74, 6) is -0.808. The summed E-state index contributed by atoms with van der Waals surface area (Å²) in [6.45, 7) is 5.46. The van der Waals surface area contributed by atoms with Crippen LogP contribution in [-0.2, 0) is 9.59 Å². The number of amides is 1. The molecule has 1 unspecified atom stereocenters. The van der Waals surface area contributed by atoms with Crippen molar-refractivity contribution in [2.75, 3.05) is 12.0 Å². The molecular weight excluding hydrogens is 430 g/mol. The minimum Gasteiger partial charge on any atom is -0.507 e. The first-order valence-corrected chi connectivity index (χ1v) is 10.4. The molecule has 1 amide bonds. The van der Waals surface area contributed by atoms with Gasteiger partial charge >= 0.3 is 0 Å². The predicted molar refractivity (Wildman–Crippen MR) is 122 cm³/mol. The number of benzene rings is 2. The van der Waals surface area contributed by atoms with E-state index in [9.17, 15) is 14.7 Å². The van der Waals surface area contributed by atoms with Crippen LogP contribution in [-0.4, -0.2) is 23.9 Å². The van der Waals surface area contributed by atoms with Gasteiger partial charge in [0.1, 0.15) is 23.3 Å². The zero-order valence-corrected chi connectivity index (χ0v) is 18.9. The molecule has 3 aromatic rings. The molecule has 2 heterocycles. The van der Waals surface area contributed by atoms with Crippen molar-refractivity contribution in [2.24, 2.45) is 0 Å². The summed E-state index contributed by atoms with van der Waals surface area (Å²) in [6.07, 6.45) is 1.46. The number of carbonyl (C=O) groups is 2. The Balaban J connectivity index is 1.98. The van der Waals surface area contributed by atoms with E-state index < -0.39 is 17.7 Å². The van der Waals surface area contributed by atoms with E-state index in [1.54, 1.807) is 56.5 Å². The molecule has 0 bridgehead atoms. The minimum absolute atomic E-state index is 0.0445. The third-order valence-electron chi connectivity index (χ3n) is 5.68. The van der Waals surface area contributed by atoms with Crippen LogP contribution in [0.5, 0.6) is 5.75 Å². The van der Waals surface area contributed by atoms with Crippen LogP contribution in [0, 0.1) is 20.8 Å². The van der Waals surface area contributed by atoms with Gasteiger partial charge in [-0.25, -0.2) is 0 Å². The lowest BCUT2D eigenvalue weighted by atomic mass is 9.95. The number of hydrogen-bond acceptors (Lipinski definition) is 5. The molecule has 0 radical (unpaired) electrons. The van der Waals surface area contributed by atoms with Crippen LogP contribution >= 0.6 is 11.6 Å². The molecule has 7 heteroatoms. The highest BCUT2D eigenvalue weighted by atomic mass is 35.5. The molecule has 32 heavy (non-hydrogen) atoms. The van der Waals surface area contributed by atoms with E-state index in [2.05, 4.69) is 0 Å². The SMILES string of the molecule is COc1cc(C)c(/C(O)=C2/C(=O)C(=O)N(c3cc(Cl)ccc3C)C2c2ccco2)cc1C. The number of methoxy groups -OCH3 is 1. The zero-order chi connectivity index (χ0) is 23.2. The Bertz CT molecular complexity index is 1260. The van der Waals surface area contributed by atoms with Crippen molar-refractivity contribution < 1.29 is 23.8 Å². The van der Waals surface area contributed by atoms with E-state index in [0.717, 1.165) is 11.1 Å². The summed E-state index contributed by atoms with van der Waals surface area (Å²) in [6, 6.07) is 11.0. The highest BCUT2D eigenvalue weighted by Gasteiger charge is 2.48. The van der Waals surface area contributed by atoms with Crippen LogP contribution in [0.15, 0.2) is 58.7 Å². The third-order valence-corrected chi connectivity index (χ3v) is 5.92. The van der Waals surface area contributed by atoms with Crippen LogP contribution in [0.2, 0.25) is 5.02 Å². The van der Waals surface area contributed by atoms with Gasteiger partial charge in [-0.05, 0) is 73.9 Å². The molecule has 2 aromatic carbocycles. The summed E-state index contributed by atoms with van der Waals surface area (Å²) in [5, 5.41) is 11.7. The molecule has 0 aliphatic carbocycles. The maximum Gasteiger partial charge on any atom is 0.300 e. The van der Waals surface area contributed by atoms with Gasteiger partial charge in [-0.15, -0.1) is 0 Å². The van der Waals surface area contributed by atoms with E-state index in [1.807, 2.05) is 13.8 Å². The van der Waals surface area contributed by atoms with Crippen molar-refractivity contribution in [1.82, 2.24) is 0 Å². The fourth-order valence-corrected chi connectivity index (χ4v) is 4.22. The van der Waals surface area contributed by atoms with E-state index in [1.165, 1.54) is 11.2 Å². The Morgan fingerprint density at radius 3 is 2.47 bits per heavy atom. The van der Waals surface area contributed by atoms with Gasteiger partial charge < -0.3 is 14.3 Å². The second-order valence-corrected chi connectivity index (χ2v) is 8.19. The molecule has 1 atom stereocenters. The van der Waals surface area contributed by atoms with Gasteiger partial charge in [0.15, 0.2) is 0 Å². The molecule has 1 saturated heterocycles. The number of hydrogen-bond donors (Lipinski definition) is 1. The van der Waals surface area contributed by atoms with Gasteiger partial charge in [0.05, 0.1) is 18.9 Å². The first-order chi connectivity index (χ1) is 15.2. The van der Waals surface area contributed by atoms with E-state index >= 15 is 0 Å². The number of furan rings is 1. The Morgan fingerprint density at radius 1 is 1.06 bits per heavy atom. The lowest BCUT2D eigenvalue weighted by Crippen LogP contribution is -2.30. The molecule has 0 saturated carbocycles. The van der Waals surface area contributed by atoms with Crippen molar-refractivity contribution in [3.63, 3.8) is 0 Å². The van der Waals surface area contributed by atoms with Crippen molar-refractivity contribution in [3.05, 3.63) is 87.3 Å². The molecule has 164 valence electrons. The summed E-state index contributed by atoms with van der Waals surface area (Å²) in [5.41, 5.74) is 3.12. The molecule has 1 N–H and O–H groups in total. The summed E-state index contributed by atoms with van der Waals surface area (Å²) in [4.78, 5) is 27.7. The topological polar surface area (TPSA) is 80.0 Å². The highest BCUT2D eigenvalue weighted by Crippen LogP contribution is 2.44. The van der Waals surface area contributed by atoms with E-state index in [4.69, 9.17) is 20.8 Å². The predicted octanol–water partition coefficient (Wildman–Crippen LogP) is 5.49. The molecular formula is C25H22ClNO5. The number of ether oxygens (including phenoxy) is 1. The molecule has 6 nitrogen and oxygen atoms in total. The smallest absolute Gasteiger partial charge is 0.300 e. The van der Waals surface area contributed by atoms with Gasteiger partial charge in [-0.2, -0.15) is 0 Å². The third kappa shape index (κ3) is 3.46. The standard InChI is InChI=1S/C25H22ClNO5/c1-13-7-8-16(26)12-18(13)27-22(19-6-5-9-32-19)21(24(29)25(27)30)23(28)17-10-15(3)20(31-4)11-14(17)2/h5-12,22,28H,1-4H3/b23-21-. The second kappa shape index (κ2) is 8.20. The Hall–Kier alpha value is -3.51. The molecule has 1 aliphatic rings. The summed E-state index contributed by atoms with van der Waals surface area (Å²) in [7, 11) is 1.57. The maximum atomic E-state index is 13.2. The number of ketones is 1. The number of anilines is 1. The molecule has 1 aromatic heterocycles. The average Bonchev–Trinajstić information content (AvgIpc) is 3.38. The molecule has 1 fully saturated rings. The van der Waals surface area contributed by atoms with Crippen molar-refractivity contribution in [1.29, 1.82) is 0 Å². The number of nitrogens with zero attached hydrogens (tertiary/aromatic N) is 1. The van der Waals surface area contributed by atoms with Crippen molar-refractivity contribution >= 4 is 34.7 Å². The number of rotatable bonds is 4. The number of Topliss-reactive ketones (excluding diaryl/α,β-unsaturated/α-hetero) is 1. The lowest BCUT2D eigenvalue weighted by Gasteiger charge is -2.25. The minimum atomic E-state index is -0.941. The largest absolute Gasteiger partial charge is 0.507 e. The van der Waals surface area contributed by atoms with Gasteiger partial charge in [0.25, 0.3) is 11.7 Å². The summed E-state index contributed by atoms with van der Waals surface area (Å²) < 4.78 is 10.9. The number of carbonyl (C=O) groups excluding carboxylic acids is 2. The van der Waals surface area contributed by atoms with Gasteiger partial charge in [0, 0.05) is 16.3 Å². The second-order valence-electron chi connectivity index (χ2n) is 7.75. The van der Waals surface area contributed by atoms with E-state index in [-0.39, 0.29) is 11.3 Å². The van der Waals surface area contributed by atoms with Crippen LogP contribution < -0.4 is 9.64 Å². The number of aliphatic hydroxyl groups is 1. The first kappa shape index (κ1) is 21.7. The Labute approximate surface area is 190 Å². The molecule has 0 spiro atoms. The first-order valence-electron chi connectivity index (χ1n) is 10.0. The van der Waals surface area contributed by atoms with Crippen LogP contribution in [0.25, 0.3) is 5.76 Å². The molecule has 4 rings (SSSR count). The fraction of sp³-hybridized carbons (Fsp3) is 0.200. The van der Waals surface area contributed by atoms with E-state index in [0.29, 0.717) is 33.3 Å². The fourth-order valence-electron chi connectivity index (χ4n) is 4.05. The number of aliphatic hydroxyl groups excluding tert-OH is 1. The van der Waals surface area contributed by atoms with Gasteiger partial charge in [-0.1, -0.05) is 17.7 Å². The lowest BCUT2D eigenvalue weighted by molar-refractivity contribution is -0.132. The van der Waals surface area contributed by atoms with Crippen molar-refractivity contribution in [2.45, 2.75) is 26.8 Å².